The molecule has 0 radical (unpaired) electrons. The van der Waals surface area contributed by atoms with Crippen molar-refractivity contribution < 1.29 is 4.74 Å². The van der Waals surface area contributed by atoms with Crippen LogP contribution >= 0.6 is 0 Å². The van der Waals surface area contributed by atoms with E-state index in [-0.39, 0.29) is 0 Å². The molecule has 6 heteroatoms. The lowest BCUT2D eigenvalue weighted by Crippen LogP contribution is -2.17. The van der Waals surface area contributed by atoms with Crippen molar-refractivity contribution in [3.05, 3.63) is 102 Å². The highest BCUT2D eigenvalue weighted by Gasteiger charge is 2.12. The Morgan fingerprint density at radius 3 is 2.58 bits per heavy atom. The molecule has 0 saturated carbocycles. The summed E-state index contributed by atoms with van der Waals surface area (Å²) >= 11 is 0. The van der Waals surface area contributed by atoms with E-state index in [0.717, 1.165) is 40.0 Å². The fourth-order valence-corrected chi connectivity index (χ4v) is 3.56. The van der Waals surface area contributed by atoms with Gasteiger partial charge in [-0.05, 0) is 49.8 Å². The molecule has 0 amide bonds. The maximum absolute atomic E-state index is 6.05. The molecule has 0 unspecified atom stereocenters. The normalized spacial score (nSPS) is 11.9. The number of pyridine rings is 2. The smallest absolute Gasteiger partial charge is 0.241 e. The van der Waals surface area contributed by atoms with E-state index in [9.17, 15) is 0 Å². The molecule has 0 aliphatic rings. The van der Waals surface area contributed by atoms with E-state index in [1.165, 1.54) is 5.57 Å². The van der Waals surface area contributed by atoms with Crippen LogP contribution in [0.25, 0.3) is 22.0 Å². The molecule has 0 aliphatic heterocycles. The average molecular weight is 438 g/mol. The Balaban J connectivity index is 1.46. The summed E-state index contributed by atoms with van der Waals surface area (Å²) in [7, 11) is 0. The van der Waals surface area contributed by atoms with Crippen LogP contribution in [0.3, 0.4) is 0 Å². The van der Waals surface area contributed by atoms with Crippen LogP contribution in [-0.2, 0) is 13.2 Å². The molecule has 3 aromatic heterocycles. The van der Waals surface area contributed by atoms with E-state index < -0.39 is 0 Å². The highest BCUT2D eigenvalue weighted by atomic mass is 16.5. The van der Waals surface area contributed by atoms with Crippen molar-refractivity contribution in [3.8, 4) is 17.1 Å². The summed E-state index contributed by atoms with van der Waals surface area (Å²) in [6.07, 6.45) is 9.79. The highest BCUT2D eigenvalue weighted by molar-refractivity contribution is 5.96. The fraction of sp³-hybridized carbons (Fsp3) is 0.185. The summed E-state index contributed by atoms with van der Waals surface area (Å²) in [5.41, 5.74) is 4.77. The number of hydrogen-bond donors (Lipinski definition) is 1. The Morgan fingerprint density at radius 1 is 0.939 bits per heavy atom. The molecular weight excluding hydrogens is 410 g/mol. The first-order chi connectivity index (χ1) is 16.3. The lowest BCUT2D eigenvalue weighted by atomic mass is 10.1. The van der Waals surface area contributed by atoms with E-state index in [1.54, 1.807) is 12.4 Å². The van der Waals surface area contributed by atoms with E-state index >= 15 is 0 Å². The Kier molecular flexibility index (Phi) is 7.51. The highest BCUT2D eigenvalue weighted by Crippen LogP contribution is 2.30. The molecule has 166 valence electrons. The molecule has 33 heavy (non-hydrogen) atoms. The quantitative estimate of drug-likeness (QED) is 0.359. The number of benzene rings is 1. The summed E-state index contributed by atoms with van der Waals surface area (Å²) in [5, 5.41) is 14.1. The van der Waals surface area contributed by atoms with Gasteiger partial charge < -0.3 is 10.1 Å². The summed E-state index contributed by atoms with van der Waals surface area (Å²) in [6.45, 7) is 5.87. The van der Waals surface area contributed by atoms with Gasteiger partial charge >= 0.3 is 0 Å². The van der Waals surface area contributed by atoms with Crippen molar-refractivity contribution in [2.75, 3.05) is 6.54 Å². The van der Waals surface area contributed by atoms with E-state index in [1.807, 2.05) is 74.5 Å². The average Bonchev–Trinajstić information content (AvgIpc) is 2.87. The Morgan fingerprint density at radius 2 is 1.79 bits per heavy atom. The first-order valence-corrected chi connectivity index (χ1v) is 11.0. The fourth-order valence-electron chi connectivity index (χ4n) is 3.56. The lowest BCUT2D eigenvalue weighted by molar-refractivity contribution is 0.289. The Hall–Kier alpha value is -3.90. The zero-order chi connectivity index (χ0) is 22.9. The third-order valence-corrected chi connectivity index (χ3v) is 5.20. The number of aromatic nitrogens is 4. The summed E-state index contributed by atoms with van der Waals surface area (Å²) in [4.78, 5) is 8.92. The molecule has 6 nitrogen and oxygen atoms in total. The maximum Gasteiger partial charge on any atom is 0.241 e. The van der Waals surface area contributed by atoms with E-state index in [4.69, 9.17) is 9.72 Å². The third-order valence-electron chi connectivity index (χ3n) is 5.20. The first-order valence-electron chi connectivity index (χ1n) is 11.0. The van der Waals surface area contributed by atoms with Crippen molar-refractivity contribution in [1.82, 2.24) is 25.5 Å². The van der Waals surface area contributed by atoms with Gasteiger partial charge in [0.2, 0.25) is 5.88 Å². The van der Waals surface area contributed by atoms with Gasteiger partial charge in [-0.2, -0.15) is 0 Å². The van der Waals surface area contributed by atoms with Crippen LogP contribution in [0.15, 0.2) is 90.8 Å². The van der Waals surface area contributed by atoms with Crippen LogP contribution in [0.5, 0.6) is 5.88 Å². The molecule has 0 aliphatic carbocycles. The topological polar surface area (TPSA) is 72.8 Å². The first kappa shape index (κ1) is 22.3. The predicted molar refractivity (Wildman–Crippen MR) is 132 cm³/mol. The van der Waals surface area contributed by atoms with Crippen molar-refractivity contribution in [1.29, 1.82) is 0 Å². The Bertz CT molecular complexity index is 1270. The van der Waals surface area contributed by atoms with Gasteiger partial charge in [0.1, 0.15) is 12.3 Å². The molecule has 0 fully saturated rings. The summed E-state index contributed by atoms with van der Waals surface area (Å²) < 4.78 is 6.05. The molecule has 0 saturated heterocycles. The molecule has 0 atom stereocenters. The molecule has 4 rings (SSSR count). The minimum atomic E-state index is 0.317. The number of fused-ring (bicyclic) bond motifs is 1. The van der Waals surface area contributed by atoms with Gasteiger partial charge in [-0.15, -0.1) is 10.2 Å². The molecule has 0 bridgehead atoms. The minimum absolute atomic E-state index is 0.317. The van der Waals surface area contributed by atoms with Crippen LogP contribution in [-0.4, -0.2) is 26.7 Å². The molecule has 0 spiro atoms. The zero-order valence-corrected chi connectivity index (χ0v) is 18.9. The lowest BCUT2D eigenvalue weighted by Gasteiger charge is -2.11. The van der Waals surface area contributed by atoms with Crippen molar-refractivity contribution in [3.63, 3.8) is 0 Å². The number of allylic oxidation sites excluding steroid dienone is 2. The number of nitrogens with one attached hydrogen (secondary N) is 1. The van der Waals surface area contributed by atoms with Crippen LogP contribution in [0.1, 0.15) is 25.2 Å². The number of hydrogen-bond acceptors (Lipinski definition) is 6. The van der Waals surface area contributed by atoms with Gasteiger partial charge in [-0.25, -0.2) is 0 Å². The second-order valence-corrected chi connectivity index (χ2v) is 7.52. The summed E-state index contributed by atoms with van der Waals surface area (Å²) in [5.74, 6) is 0.493. The second-order valence-electron chi connectivity index (χ2n) is 7.52. The van der Waals surface area contributed by atoms with Gasteiger partial charge in [0.05, 0.1) is 11.4 Å². The van der Waals surface area contributed by atoms with Gasteiger partial charge in [0.15, 0.2) is 0 Å². The Labute approximate surface area is 194 Å². The SMILES string of the molecule is C/C=C\C(=C/C)CNCc1cccc(COc2nnc(-c3cccnc3)c3ccccc23)n1. The van der Waals surface area contributed by atoms with Crippen molar-refractivity contribution in [2.24, 2.45) is 0 Å². The largest absolute Gasteiger partial charge is 0.470 e. The minimum Gasteiger partial charge on any atom is -0.470 e. The standard InChI is InChI=1S/C27H27N5O/c1-3-9-20(4-2)16-29-18-22-11-7-12-23(30-22)19-33-27-25-14-6-5-13-24(25)26(31-32-27)21-10-8-15-28-17-21/h3-15,17,29H,16,18-19H2,1-2H3/b9-3-,20-4+. The van der Waals surface area contributed by atoms with Gasteiger partial charge in [0, 0.05) is 41.8 Å². The number of ether oxygens (including phenoxy) is 1. The van der Waals surface area contributed by atoms with Crippen LogP contribution < -0.4 is 10.1 Å². The number of nitrogens with zero attached hydrogens (tertiary/aromatic N) is 4. The van der Waals surface area contributed by atoms with Crippen LogP contribution in [0.2, 0.25) is 0 Å². The van der Waals surface area contributed by atoms with Gasteiger partial charge in [-0.3, -0.25) is 9.97 Å². The van der Waals surface area contributed by atoms with E-state index in [0.29, 0.717) is 19.0 Å². The zero-order valence-electron chi connectivity index (χ0n) is 18.9. The van der Waals surface area contributed by atoms with Crippen LogP contribution in [0, 0.1) is 0 Å². The third kappa shape index (κ3) is 5.67. The van der Waals surface area contributed by atoms with Gasteiger partial charge in [0.25, 0.3) is 0 Å². The molecule has 1 N–H and O–H groups in total. The number of rotatable bonds is 9. The summed E-state index contributed by atoms with van der Waals surface area (Å²) in [6, 6.07) is 17.8. The molecular formula is C27H27N5O. The molecule has 4 aromatic rings. The monoisotopic (exact) mass is 437 g/mol. The maximum atomic E-state index is 6.05. The molecule has 3 heterocycles. The van der Waals surface area contributed by atoms with Crippen LogP contribution in [0.4, 0.5) is 0 Å². The van der Waals surface area contributed by atoms with Crippen molar-refractivity contribution >= 4 is 10.8 Å². The van der Waals surface area contributed by atoms with Crippen molar-refractivity contribution in [2.45, 2.75) is 27.0 Å². The van der Waals surface area contributed by atoms with Gasteiger partial charge in [-0.1, -0.05) is 42.5 Å². The van der Waals surface area contributed by atoms with E-state index in [2.05, 4.69) is 32.7 Å². The molecule has 1 aromatic carbocycles. The second kappa shape index (κ2) is 11.1. The predicted octanol–water partition coefficient (Wildman–Crippen LogP) is 5.28.